The zero-order valence-electron chi connectivity index (χ0n) is 21.1. The highest BCUT2D eigenvalue weighted by atomic mass is 32.2. The van der Waals surface area contributed by atoms with Gasteiger partial charge >= 0.3 is 5.97 Å². The molecule has 11 heteroatoms. The smallest absolute Gasteiger partial charge is 0.322 e. The number of fused-ring (bicyclic) bond motifs is 1. The first-order valence-electron chi connectivity index (χ1n) is 12.2. The minimum Gasteiger partial charge on any atom is -0.480 e. The summed E-state index contributed by atoms with van der Waals surface area (Å²) in [4.78, 5) is 53.4. The average Bonchev–Trinajstić information content (AvgIpc) is 3.32. The Kier molecular flexibility index (Phi) is 10.7. The molecule has 3 rings (SSSR count). The van der Waals surface area contributed by atoms with Gasteiger partial charge in [0, 0.05) is 29.9 Å². The highest BCUT2D eigenvalue weighted by molar-refractivity contribution is 7.98. The minimum absolute atomic E-state index is 0.112. The summed E-state index contributed by atoms with van der Waals surface area (Å²) in [6.45, 7) is -0.590. The van der Waals surface area contributed by atoms with Crippen LogP contribution in [-0.4, -0.2) is 70.5 Å². The molecule has 1 aromatic heterocycles. The molecule has 0 bridgehead atoms. The molecule has 0 aliphatic rings. The van der Waals surface area contributed by atoms with Gasteiger partial charge in [0.2, 0.25) is 17.7 Å². The number of carbonyl (C=O) groups is 4. The van der Waals surface area contributed by atoms with Crippen LogP contribution in [0.25, 0.3) is 10.9 Å². The van der Waals surface area contributed by atoms with Crippen LogP contribution < -0.4 is 21.7 Å². The molecular formula is C27H33N5O5S. The Balaban J connectivity index is 1.82. The highest BCUT2D eigenvalue weighted by Gasteiger charge is 2.29. The number of aromatic nitrogens is 1. The summed E-state index contributed by atoms with van der Waals surface area (Å²) >= 11 is 1.57. The molecule has 0 saturated carbocycles. The molecule has 0 aliphatic carbocycles. The van der Waals surface area contributed by atoms with Crippen molar-refractivity contribution in [3.63, 3.8) is 0 Å². The molecule has 3 aromatic rings. The SMILES string of the molecule is CSCCC(N)C(=O)NC(Cc1ccccc1)C(=O)NC(Cc1c[nH]c2ccccc12)C(=O)NCC(=O)O. The largest absolute Gasteiger partial charge is 0.480 e. The Bertz CT molecular complexity index is 1250. The van der Waals surface area contributed by atoms with Crippen LogP contribution in [-0.2, 0) is 32.0 Å². The predicted molar refractivity (Wildman–Crippen MR) is 148 cm³/mol. The Morgan fingerprint density at radius 2 is 1.58 bits per heavy atom. The van der Waals surface area contributed by atoms with Gasteiger partial charge in [-0.15, -0.1) is 0 Å². The number of hydrogen-bond acceptors (Lipinski definition) is 6. The fourth-order valence-corrected chi connectivity index (χ4v) is 4.49. The summed E-state index contributed by atoms with van der Waals surface area (Å²) in [5, 5.41) is 17.7. The van der Waals surface area contributed by atoms with Gasteiger partial charge in [-0.05, 0) is 35.6 Å². The molecular weight excluding hydrogens is 506 g/mol. The second-order valence-corrected chi connectivity index (χ2v) is 9.86. The van der Waals surface area contributed by atoms with Gasteiger partial charge in [-0.3, -0.25) is 19.2 Å². The zero-order chi connectivity index (χ0) is 27.5. The fraction of sp³-hybridized carbons (Fsp3) is 0.333. The summed E-state index contributed by atoms with van der Waals surface area (Å²) in [5.41, 5.74) is 8.48. The van der Waals surface area contributed by atoms with Gasteiger partial charge in [0.25, 0.3) is 0 Å². The normalized spacial score (nSPS) is 13.3. The van der Waals surface area contributed by atoms with Gasteiger partial charge in [-0.2, -0.15) is 11.8 Å². The molecule has 0 radical (unpaired) electrons. The molecule has 7 N–H and O–H groups in total. The van der Waals surface area contributed by atoms with Crippen LogP contribution >= 0.6 is 11.8 Å². The van der Waals surface area contributed by atoms with Crippen LogP contribution in [0.2, 0.25) is 0 Å². The Labute approximate surface area is 225 Å². The van der Waals surface area contributed by atoms with E-state index in [0.717, 1.165) is 22.0 Å². The maximum Gasteiger partial charge on any atom is 0.322 e. The van der Waals surface area contributed by atoms with Gasteiger partial charge in [0.05, 0.1) is 6.04 Å². The molecule has 3 amide bonds. The van der Waals surface area contributed by atoms with Crippen molar-refractivity contribution >= 4 is 46.4 Å². The summed E-state index contributed by atoms with van der Waals surface area (Å²) in [7, 11) is 0. The molecule has 38 heavy (non-hydrogen) atoms. The molecule has 0 aliphatic heterocycles. The molecule has 3 atom stereocenters. The number of aliphatic carboxylic acids is 1. The Morgan fingerprint density at radius 3 is 2.29 bits per heavy atom. The van der Waals surface area contributed by atoms with Gasteiger partial charge < -0.3 is 31.8 Å². The number of thioether (sulfide) groups is 1. The Morgan fingerprint density at radius 1 is 0.921 bits per heavy atom. The number of hydrogen-bond donors (Lipinski definition) is 6. The summed E-state index contributed by atoms with van der Waals surface area (Å²) < 4.78 is 0. The van der Waals surface area contributed by atoms with Gasteiger partial charge in [-0.1, -0.05) is 48.5 Å². The van der Waals surface area contributed by atoms with Crippen LogP contribution in [0.1, 0.15) is 17.5 Å². The zero-order valence-corrected chi connectivity index (χ0v) is 21.9. The molecule has 202 valence electrons. The number of carboxylic acids is 1. The van der Waals surface area contributed by atoms with E-state index in [1.807, 2.05) is 60.9 Å². The van der Waals surface area contributed by atoms with Crippen molar-refractivity contribution in [3.05, 3.63) is 71.9 Å². The first-order valence-corrected chi connectivity index (χ1v) is 13.6. The third-order valence-electron chi connectivity index (χ3n) is 6.03. The number of benzene rings is 2. The number of carbonyl (C=O) groups excluding carboxylic acids is 3. The van der Waals surface area contributed by atoms with Crippen molar-refractivity contribution in [2.24, 2.45) is 5.73 Å². The van der Waals surface area contributed by atoms with Crippen LogP contribution in [0.15, 0.2) is 60.8 Å². The van der Waals surface area contributed by atoms with Crippen LogP contribution in [0.3, 0.4) is 0 Å². The van der Waals surface area contributed by atoms with E-state index in [-0.39, 0.29) is 12.8 Å². The van der Waals surface area contributed by atoms with Crippen molar-refractivity contribution < 1.29 is 24.3 Å². The van der Waals surface area contributed by atoms with Crippen LogP contribution in [0.5, 0.6) is 0 Å². The number of para-hydroxylation sites is 1. The molecule has 0 spiro atoms. The predicted octanol–water partition coefficient (Wildman–Crippen LogP) is 1.20. The molecule has 0 fully saturated rings. The van der Waals surface area contributed by atoms with E-state index in [0.29, 0.717) is 12.2 Å². The lowest BCUT2D eigenvalue weighted by atomic mass is 10.0. The van der Waals surface area contributed by atoms with E-state index >= 15 is 0 Å². The van der Waals surface area contributed by atoms with Crippen LogP contribution in [0, 0.1) is 0 Å². The molecule has 10 nitrogen and oxygen atoms in total. The summed E-state index contributed by atoms with van der Waals surface area (Å²) in [6.07, 6.45) is 4.42. The molecule has 0 saturated heterocycles. The maximum absolute atomic E-state index is 13.5. The van der Waals surface area contributed by atoms with E-state index in [1.165, 1.54) is 0 Å². The quantitative estimate of drug-likeness (QED) is 0.179. The van der Waals surface area contributed by atoms with Crippen LogP contribution in [0.4, 0.5) is 0 Å². The maximum atomic E-state index is 13.5. The number of amides is 3. The lowest BCUT2D eigenvalue weighted by molar-refractivity contribution is -0.138. The second kappa shape index (κ2) is 14.2. The number of carboxylic acid groups (broad SMARTS) is 1. The Hall–Kier alpha value is -3.83. The molecule has 2 aromatic carbocycles. The monoisotopic (exact) mass is 539 g/mol. The summed E-state index contributed by atoms with van der Waals surface area (Å²) in [6, 6.07) is 13.8. The van der Waals surface area contributed by atoms with E-state index in [9.17, 15) is 19.2 Å². The van der Waals surface area contributed by atoms with Crippen molar-refractivity contribution in [1.82, 2.24) is 20.9 Å². The van der Waals surface area contributed by atoms with E-state index < -0.39 is 48.4 Å². The summed E-state index contributed by atoms with van der Waals surface area (Å²) in [5.74, 6) is -2.19. The highest BCUT2D eigenvalue weighted by Crippen LogP contribution is 2.19. The van der Waals surface area contributed by atoms with Crippen molar-refractivity contribution in [2.45, 2.75) is 37.4 Å². The fourth-order valence-electron chi connectivity index (χ4n) is 4.00. The molecule has 3 unspecified atom stereocenters. The van der Waals surface area contributed by atoms with Gasteiger partial charge in [0.1, 0.15) is 18.6 Å². The van der Waals surface area contributed by atoms with E-state index in [2.05, 4.69) is 20.9 Å². The van der Waals surface area contributed by atoms with Gasteiger partial charge in [-0.25, -0.2) is 0 Å². The number of rotatable bonds is 14. The number of nitrogens with two attached hydrogens (primary N) is 1. The van der Waals surface area contributed by atoms with E-state index in [4.69, 9.17) is 10.8 Å². The first-order chi connectivity index (χ1) is 18.3. The lowest BCUT2D eigenvalue weighted by Crippen LogP contribution is -2.57. The van der Waals surface area contributed by atoms with Crippen molar-refractivity contribution in [3.8, 4) is 0 Å². The average molecular weight is 540 g/mol. The molecule has 1 heterocycles. The second-order valence-electron chi connectivity index (χ2n) is 8.88. The topological polar surface area (TPSA) is 166 Å². The van der Waals surface area contributed by atoms with Gasteiger partial charge in [0.15, 0.2) is 0 Å². The number of H-pyrrole nitrogens is 1. The number of nitrogens with one attached hydrogen (secondary N) is 4. The standard InChI is InChI=1S/C27H33N5O5S/c1-38-12-11-20(28)25(35)31-22(13-17-7-3-2-4-8-17)27(37)32-23(26(36)30-16-24(33)34)14-18-15-29-21-10-6-5-9-19(18)21/h2-10,15,20,22-23,29H,11-14,16,28H2,1H3,(H,30,36)(H,31,35)(H,32,37)(H,33,34). The third kappa shape index (κ3) is 8.35. The minimum atomic E-state index is -1.20. The third-order valence-corrected chi connectivity index (χ3v) is 6.68. The van der Waals surface area contributed by atoms with Crippen molar-refractivity contribution in [2.75, 3.05) is 18.6 Å². The van der Waals surface area contributed by atoms with Crippen molar-refractivity contribution in [1.29, 1.82) is 0 Å². The first kappa shape index (κ1) is 28.7. The van der Waals surface area contributed by atoms with E-state index in [1.54, 1.807) is 18.0 Å². The number of aromatic amines is 1. The lowest BCUT2D eigenvalue weighted by Gasteiger charge is -2.24.